The standard InChI is InChI=1S/C32H33ClN6O3S/c1-4-13-43-32-35-30-28(37-38-39(30)19-20-9-8-12-23(33)14-20)31(36-32)42-29-26(40-2)15-21(16-27(29)41-3)18-34-25-17-24(25)22-10-6-5-7-11-22/h5-12,14-16,24-25,34H,4,13,17-19H2,1-3H3/t24-,25+/m1/s1. The fourth-order valence-electron chi connectivity index (χ4n) is 5.03. The minimum Gasteiger partial charge on any atom is -0.493 e. The lowest BCUT2D eigenvalue weighted by atomic mass is 10.1. The van der Waals surface area contributed by atoms with Crippen molar-refractivity contribution in [1.82, 2.24) is 30.3 Å². The number of aromatic nitrogens is 5. The third kappa shape index (κ3) is 6.71. The van der Waals surface area contributed by atoms with Crippen LogP contribution >= 0.6 is 23.4 Å². The molecule has 2 heterocycles. The fourth-order valence-corrected chi connectivity index (χ4v) is 5.93. The lowest BCUT2D eigenvalue weighted by Gasteiger charge is -2.16. The zero-order valence-electron chi connectivity index (χ0n) is 24.3. The number of methoxy groups -OCH3 is 2. The molecule has 1 fully saturated rings. The Labute approximate surface area is 259 Å². The van der Waals surface area contributed by atoms with Gasteiger partial charge in [-0.1, -0.05) is 78.0 Å². The van der Waals surface area contributed by atoms with Gasteiger partial charge in [-0.3, -0.25) is 0 Å². The Morgan fingerprint density at radius 1 is 0.977 bits per heavy atom. The Bertz CT molecular complexity index is 1690. The first-order chi connectivity index (χ1) is 21.1. The molecule has 1 saturated carbocycles. The highest BCUT2D eigenvalue weighted by atomic mass is 35.5. The molecule has 2 atom stereocenters. The van der Waals surface area contributed by atoms with E-state index in [1.165, 1.54) is 5.56 Å². The maximum Gasteiger partial charge on any atom is 0.254 e. The number of thioether (sulfide) groups is 1. The summed E-state index contributed by atoms with van der Waals surface area (Å²) in [4.78, 5) is 9.49. The summed E-state index contributed by atoms with van der Waals surface area (Å²) in [5.74, 6) is 3.17. The number of nitrogens with zero attached hydrogens (tertiary/aromatic N) is 5. The van der Waals surface area contributed by atoms with Gasteiger partial charge in [0, 0.05) is 29.3 Å². The normalized spacial score (nSPS) is 15.9. The topological polar surface area (TPSA) is 96.2 Å². The van der Waals surface area contributed by atoms with Crippen molar-refractivity contribution in [2.75, 3.05) is 20.0 Å². The summed E-state index contributed by atoms with van der Waals surface area (Å²) in [5.41, 5.74) is 4.39. The van der Waals surface area contributed by atoms with Crippen molar-refractivity contribution in [1.29, 1.82) is 0 Å². The number of nitrogens with one attached hydrogen (secondary N) is 1. The number of halogens is 1. The molecule has 1 N–H and O–H groups in total. The molecule has 0 saturated heterocycles. The van der Waals surface area contributed by atoms with Crippen LogP contribution in [0.3, 0.4) is 0 Å². The summed E-state index contributed by atoms with van der Waals surface area (Å²) in [5, 5.41) is 13.7. The summed E-state index contributed by atoms with van der Waals surface area (Å²) < 4.78 is 19.7. The molecule has 9 nitrogen and oxygen atoms in total. The number of rotatable bonds is 13. The predicted octanol–water partition coefficient (Wildman–Crippen LogP) is 6.88. The van der Waals surface area contributed by atoms with Crippen LogP contribution in [-0.4, -0.2) is 51.0 Å². The molecular weight excluding hydrogens is 584 g/mol. The van der Waals surface area contributed by atoms with Crippen molar-refractivity contribution in [3.63, 3.8) is 0 Å². The van der Waals surface area contributed by atoms with Gasteiger partial charge in [-0.25, -0.2) is 9.67 Å². The van der Waals surface area contributed by atoms with Gasteiger partial charge in [-0.2, -0.15) is 4.98 Å². The van der Waals surface area contributed by atoms with Crippen LogP contribution in [0.25, 0.3) is 11.2 Å². The van der Waals surface area contributed by atoms with Crippen molar-refractivity contribution in [3.8, 4) is 23.1 Å². The lowest BCUT2D eigenvalue weighted by Crippen LogP contribution is -2.17. The van der Waals surface area contributed by atoms with E-state index in [9.17, 15) is 0 Å². The van der Waals surface area contributed by atoms with Crippen molar-refractivity contribution >= 4 is 34.5 Å². The van der Waals surface area contributed by atoms with E-state index in [0.717, 1.165) is 29.7 Å². The monoisotopic (exact) mass is 616 g/mol. The molecule has 0 amide bonds. The average molecular weight is 617 g/mol. The molecule has 0 spiro atoms. The van der Waals surface area contributed by atoms with Gasteiger partial charge in [-0.15, -0.1) is 5.10 Å². The van der Waals surface area contributed by atoms with E-state index in [1.54, 1.807) is 30.7 Å². The van der Waals surface area contributed by atoms with Crippen molar-refractivity contribution in [3.05, 3.63) is 88.4 Å². The van der Waals surface area contributed by atoms with Crippen LogP contribution in [0.2, 0.25) is 5.02 Å². The Morgan fingerprint density at radius 2 is 1.77 bits per heavy atom. The van der Waals surface area contributed by atoms with Gasteiger partial charge in [0.25, 0.3) is 5.88 Å². The van der Waals surface area contributed by atoms with Gasteiger partial charge >= 0.3 is 0 Å². The first-order valence-electron chi connectivity index (χ1n) is 14.3. The molecule has 1 aliphatic carbocycles. The van der Waals surface area contributed by atoms with Gasteiger partial charge in [0.1, 0.15) is 0 Å². The minimum absolute atomic E-state index is 0.284. The molecular formula is C32H33ClN6O3S. The molecule has 0 unspecified atom stereocenters. The highest BCUT2D eigenvalue weighted by molar-refractivity contribution is 7.99. The Morgan fingerprint density at radius 3 is 2.49 bits per heavy atom. The smallest absolute Gasteiger partial charge is 0.254 e. The largest absolute Gasteiger partial charge is 0.493 e. The lowest BCUT2D eigenvalue weighted by molar-refractivity contribution is 0.341. The number of ether oxygens (including phenoxy) is 3. The molecule has 11 heteroatoms. The summed E-state index contributed by atoms with van der Waals surface area (Å²) in [6, 6.07) is 22.6. The summed E-state index contributed by atoms with van der Waals surface area (Å²) in [6.45, 7) is 3.24. The van der Waals surface area contributed by atoms with E-state index < -0.39 is 0 Å². The highest BCUT2D eigenvalue weighted by Crippen LogP contribution is 2.44. The second-order valence-electron chi connectivity index (χ2n) is 10.4. The SMILES string of the molecule is CCCSc1nc(Oc2c(OC)cc(CN[C@H]3C[C@@H]3c3ccccc3)cc2OC)c2nnn(Cc3cccc(Cl)c3)c2n1. The van der Waals surface area contributed by atoms with Gasteiger partial charge in [0.2, 0.25) is 5.75 Å². The van der Waals surface area contributed by atoms with Crippen molar-refractivity contribution < 1.29 is 14.2 Å². The Kier molecular flexibility index (Phi) is 8.97. The molecule has 0 aliphatic heterocycles. The molecule has 43 heavy (non-hydrogen) atoms. The van der Waals surface area contributed by atoms with E-state index in [0.29, 0.717) is 63.6 Å². The Hall–Kier alpha value is -3.86. The zero-order valence-corrected chi connectivity index (χ0v) is 25.9. The summed E-state index contributed by atoms with van der Waals surface area (Å²) >= 11 is 7.77. The van der Waals surface area contributed by atoms with Crippen LogP contribution in [-0.2, 0) is 13.1 Å². The van der Waals surface area contributed by atoms with E-state index in [1.807, 2.05) is 36.4 Å². The van der Waals surface area contributed by atoms with Crippen LogP contribution in [0.1, 0.15) is 42.4 Å². The molecule has 5 aromatic rings. The number of hydrogen-bond acceptors (Lipinski definition) is 9. The van der Waals surface area contributed by atoms with E-state index in [-0.39, 0.29) is 5.88 Å². The molecule has 0 bridgehead atoms. The maximum atomic E-state index is 6.44. The molecule has 0 radical (unpaired) electrons. The molecule has 3 aromatic carbocycles. The van der Waals surface area contributed by atoms with Crippen LogP contribution in [0, 0.1) is 0 Å². The average Bonchev–Trinajstić information content (AvgIpc) is 3.71. The third-order valence-electron chi connectivity index (χ3n) is 7.27. The first kappa shape index (κ1) is 29.2. The van der Waals surface area contributed by atoms with Crippen molar-refractivity contribution in [2.45, 2.75) is 50.0 Å². The van der Waals surface area contributed by atoms with Crippen LogP contribution in [0.5, 0.6) is 23.1 Å². The first-order valence-corrected chi connectivity index (χ1v) is 15.6. The molecule has 2 aromatic heterocycles. The van der Waals surface area contributed by atoms with Crippen LogP contribution in [0.4, 0.5) is 0 Å². The summed E-state index contributed by atoms with van der Waals surface area (Å²) in [7, 11) is 3.23. The third-order valence-corrected chi connectivity index (χ3v) is 8.56. The van der Waals surface area contributed by atoms with E-state index in [2.05, 4.69) is 52.9 Å². The van der Waals surface area contributed by atoms with Gasteiger partial charge in [0.05, 0.1) is 20.8 Å². The highest BCUT2D eigenvalue weighted by Gasteiger charge is 2.37. The van der Waals surface area contributed by atoms with Gasteiger partial charge < -0.3 is 19.5 Å². The summed E-state index contributed by atoms with van der Waals surface area (Å²) in [6.07, 6.45) is 2.10. The second-order valence-corrected chi connectivity index (χ2v) is 11.9. The quantitative estimate of drug-likeness (QED) is 0.112. The Balaban J connectivity index is 1.27. The zero-order chi connectivity index (χ0) is 29.8. The number of benzene rings is 3. The number of fused-ring (bicyclic) bond motifs is 1. The van der Waals surface area contributed by atoms with Crippen LogP contribution < -0.4 is 19.5 Å². The molecule has 222 valence electrons. The fraction of sp³-hybridized carbons (Fsp3) is 0.312. The molecule has 6 rings (SSSR count). The van der Waals surface area contributed by atoms with E-state index in [4.69, 9.17) is 35.8 Å². The minimum atomic E-state index is 0.284. The van der Waals surface area contributed by atoms with Gasteiger partial charge in [0.15, 0.2) is 27.8 Å². The van der Waals surface area contributed by atoms with E-state index >= 15 is 0 Å². The number of hydrogen-bond donors (Lipinski definition) is 1. The molecule has 1 aliphatic rings. The van der Waals surface area contributed by atoms with Gasteiger partial charge in [-0.05, 0) is 53.8 Å². The predicted molar refractivity (Wildman–Crippen MR) is 169 cm³/mol. The second kappa shape index (κ2) is 13.2. The van der Waals surface area contributed by atoms with Crippen LogP contribution in [0.15, 0.2) is 71.9 Å². The maximum absolute atomic E-state index is 6.44. The van der Waals surface area contributed by atoms with Crippen molar-refractivity contribution in [2.24, 2.45) is 0 Å².